The van der Waals surface area contributed by atoms with Crippen LogP contribution in [0.5, 0.6) is 0 Å². The Morgan fingerprint density at radius 2 is 2.07 bits per heavy atom. The lowest BCUT2D eigenvalue weighted by Crippen LogP contribution is -2.05. The van der Waals surface area contributed by atoms with Crippen LogP contribution in [-0.2, 0) is 5.92 Å². The first-order valence-electron chi connectivity index (χ1n) is 4.14. The molecule has 0 amide bonds. The minimum absolute atomic E-state index is 0.0359. The molecule has 2 aromatic rings. The Hall–Kier alpha value is -0.900. The molecule has 74 valence electrons. The number of hydrogen-bond acceptors (Lipinski definition) is 0. The van der Waals surface area contributed by atoms with Crippen molar-refractivity contribution in [1.82, 2.24) is 4.98 Å². The van der Waals surface area contributed by atoms with Crippen molar-refractivity contribution >= 4 is 26.8 Å². The van der Waals surface area contributed by atoms with Gasteiger partial charge in [-0.3, -0.25) is 0 Å². The van der Waals surface area contributed by atoms with Crippen LogP contribution >= 0.6 is 15.9 Å². The topological polar surface area (TPSA) is 15.8 Å². The Kier molecular flexibility index (Phi) is 2.10. The van der Waals surface area contributed by atoms with E-state index in [-0.39, 0.29) is 5.56 Å². The van der Waals surface area contributed by atoms with Crippen LogP contribution in [-0.4, -0.2) is 4.98 Å². The largest absolute Gasteiger partial charge is 0.360 e. The zero-order chi connectivity index (χ0) is 10.3. The summed E-state index contributed by atoms with van der Waals surface area (Å²) >= 11 is 3.30. The van der Waals surface area contributed by atoms with Crippen molar-refractivity contribution < 1.29 is 8.78 Å². The lowest BCUT2D eigenvalue weighted by Gasteiger charge is -2.08. The fourth-order valence-corrected chi connectivity index (χ4v) is 1.96. The van der Waals surface area contributed by atoms with Gasteiger partial charge in [-0.1, -0.05) is 12.1 Å². The van der Waals surface area contributed by atoms with Crippen molar-refractivity contribution in [2.75, 3.05) is 0 Å². The molecule has 0 aliphatic rings. The fourth-order valence-electron chi connectivity index (χ4n) is 1.48. The third-order valence-electron chi connectivity index (χ3n) is 2.14. The van der Waals surface area contributed by atoms with E-state index >= 15 is 0 Å². The summed E-state index contributed by atoms with van der Waals surface area (Å²) in [5, 5.41) is 0.562. The summed E-state index contributed by atoms with van der Waals surface area (Å²) < 4.78 is 27.0. The Morgan fingerprint density at radius 3 is 2.71 bits per heavy atom. The van der Waals surface area contributed by atoms with Crippen LogP contribution in [0.4, 0.5) is 8.78 Å². The highest BCUT2D eigenvalue weighted by molar-refractivity contribution is 9.10. The first-order valence-corrected chi connectivity index (χ1v) is 4.93. The second-order valence-electron chi connectivity index (χ2n) is 3.25. The van der Waals surface area contributed by atoms with Gasteiger partial charge in [-0.2, -0.15) is 0 Å². The van der Waals surface area contributed by atoms with Gasteiger partial charge in [0, 0.05) is 28.5 Å². The summed E-state index contributed by atoms with van der Waals surface area (Å²) in [5.41, 5.74) is 0.748. The van der Waals surface area contributed by atoms with E-state index in [2.05, 4.69) is 20.9 Å². The number of halogens is 3. The number of fused-ring (bicyclic) bond motifs is 1. The lowest BCUT2D eigenvalue weighted by molar-refractivity contribution is 0.0191. The van der Waals surface area contributed by atoms with E-state index < -0.39 is 5.92 Å². The molecule has 0 aliphatic carbocycles. The summed E-state index contributed by atoms with van der Waals surface area (Å²) in [6.07, 6.45) is 1.36. The van der Waals surface area contributed by atoms with Gasteiger partial charge in [0.2, 0.25) is 0 Å². The maximum atomic E-state index is 13.1. The number of hydrogen-bond donors (Lipinski definition) is 1. The van der Waals surface area contributed by atoms with Gasteiger partial charge in [0.25, 0.3) is 5.92 Å². The van der Waals surface area contributed by atoms with Crippen molar-refractivity contribution in [3.8, 4) is 0 Å². The van der Waals surface area contributed by atoms with Crippen LogP contribution in [0.1, 0.15) is 12.5 Å². The third kappa shape index (κ3) is 1.43. The highest BCUT2D eigenvalue weighted by atomic mass is 79.9. The molecule has 0 spiro atoms. The molecule has 1 N–H and O–H groups in total. The quantitative estimate of drug-likeness (QED) is 0.796. The summed E-state index contributed by atoms with van der Waals surface area (Å²) in [6, 6.07) is 5.25. The number of alkyl halides is 2. The number of aromatic amines is 1. The minimum Gasteiger partial charge on any atom is -0.360 e. The number of benzene rings is 1. The molecule has 0 bridgehead atoms. The minimum atomic E-state index is -2.81. The van der Waals surface area contributed by atoms with Gasteiger partial charge < -0.3 is 4.98 Å². The first-order chi connectivity index (χ1) is 6.50. The van der Waals surface area contributed by atoms with Gasteiger partial charge in [0.1, 0.15) is 0 Å². The normalized spacial score (nSPS) is 12.3. The van der Waals surface area contributed by atoms with E-state index in [9.17, 15) is 8.78 Å². The van der Waals surface area contributed by atoms with E-state index in [1.807, 2.05) is 6.07 Å². The molecule has 1 nitrogen and oxygen atoms in total. The second kappa shape index (κ2) is 3.05. The highest BCUT2D eigenvalue weighted by Gasteiger charge is 2.27. The van der Waals surface area contributed by atoms with Crippen molar-refractivity contribution in [3.05, 3.63) is 34.4 Å². The van der Waals surface area contributed by atoms with Gasteiger partial charge in [-0.05, 0) is 22.0 Å². The van der Waals surface area contributed by atoms with Gasteiger partial charge in [0.15, 0.2) is 0 Å². The number of nitrogens with one attached hydrogen (secondary N) is 1. The predicted molar refractivity (Wildman–Crippen MR) is 55.6 cm³/mol. The average molecular weight is 260 g/mol. The molecule has 1 aromatic carbocycles. The van der Waals surface area contributed by atoms with Crippen LogP contribution in [0.3, 0.4) is 0 Å². The molecule has 0 atom stereocenters. The van der Waals surface area contributed by atoms with E-state index in [1.54, 1.807) is 12.1 Å². The van der Waals surface area contributed by atoms with Gasteiger partial charge in [-0.15, -0.1) is 0 Å². The first kappa shape index (κ1) is 9.65. The van der Waals surface area contributed by atoms with Crippen molar-refractivity contribution in [1.29, 1.82) is 0 Å². The molecule has 4 heteroatoms. The van der Waals surface area contributed by atoms with Gasteiger partial charge >= 0.3 is 0 Å². The SMILES string of the molecule is CC(F)(F)c1c[nH]c2c(Br)cccc12. The summed E-state index contributed by atoms with van der Waals surface area (Å²) in [4.78, 5) is 2.84. The highest BCUT2D eigenvalue weighted by Crippen LogP contribution is 2.35. The van der Waals surface area contributed by atoms with Crippen molar-refractivity contribution in [2.45, 2.75) is 12.8 Å². The molecular weight excluding hydrogens is 252 g/mol. The standard InChI is InChI=1S/C10H8BrF2N/c1-10(12,13)7-5-14-9-6(7)3-2-4-8(9)11/h2-5,14H,1H3. The monoisotopic (exact) mass is 259 g/mol. The fraction of sp³-hybridized carbons (Fsp3) is 0.200. The molecule has 1 heterocycles. The molecule has 2 rings (SSSR count). The van der Waals surface area contributed by atoms with E-state index in [0.717, 1.165) is 11.4 Å². The molecule has 0 saturated carbocycles. The smallest absolute Gasteiger partial charge is 0.272 e. The molecular formula is C10H8BrF2N. The zero-order valence-electron chi connectivity index (χ0n) is 7.44. The van der Waals surface area contributed by atoms with E-state index in [1.165, 1.54) is 6.20 Å². The Balaban J connectivity index is 2.76. The Bertz CT molecular complexity index is 470. The maximum Gasteiger partial charge on any atom is 0.272 e. The molecule has 0 fully saturated rings. The zero-order valence-corrected chi connectivity index (χ0v) is 9.03. The van der Waals surface area contributed by atoms with Crippen molar-refractivity contribution in [3.63, 3.8) is 0 Å². The van der Waals surface area contributed by atoms with Gasteiger partial charge in [0.05, 0.1) is 5.52 Å². The van der Waals surface area contributed by atoms with Crippen LogP contribution in [0.25, 0.3) is 10.9 Å². The second-order valence-corrected chi connectivity index (χ2v) is 4.11. The Morgan fingerprint density at radius 1 is 1.36 bits per heavy atom. The van der Waals surface area contributed by atoms with E-state index in [0.29, 0.717) is 10.9 Å². The third-order valence-corrected chi connectivity index (χ3v) is 2.80. The predicted octanol–water partition coefficient (Wildman–Crippen LogP) is 4.04. The van der Waals surface area contributed by atoms with Crippen LogP contribution in [0.15, 0.2) is 28.9 Å². The average Bonchev–Trinajstić information content (AvgIpc) is 2.47. The lowest BCUT2D eigenvalue weighted by atomic mass is 10.1. The number of para-hydroxylation sites is 1. The Labute approximate surface area is 88.3 Å². The van der Waals surface area contributed by atoms with Gasteiger partial charge in [-0.25, -0.2) is 8.78 Å². The summed E-state index contributed by atoms with van der Waals surface area (Å²) in [5.74, 6) is -2.81. The number of H-pyrrole nitrogens is 1. The number of aromatic nitrogens is 1. The molecule has 0 aliphatic heterocycles. The molecule has 1 aromatic heterocycles. The molecule has 0 saturated heterocycles. The molecule has 0 unspecified atom stereocenters. The van der Waals surface area contributed by atoms with Crippen molar-refractivity contribution in [2.24, 2.45) is 0 Å². The van der Waals surface area contributed by atoms with Crippen LogP contribution in [0, 0.1) is 0 Å². The van der Waals surface area contributed by atoms with Crippen LogP contribution in [0.2, 0.25) is 0 Å². The maximum absolute atomic E-state index is 13.1. The van der Waals surface area contributed by atoms with E-state index in [4.69, 9.17) is 0 Å². The molecule has 0 radical (unpaired) electrons. The molecule has 14 heavy (non-hydrogen) atoms. The summed E-state index contributed by atoms with van der Waals surface area (Å²) in [6.45, 7) is 0.899. The number of rotatable bonds is 1. The summed E-state index contributed by atoms with van der Waals surface area (Å²) in [7, 11) is 0. The van der Waals surface area contributed by atoms with Crippen LogP contribution < -0.4 is 0 Å².